The van der Waals surface area contributed by atoms with Crippen LogP contribution >= 0.6 is 0 Å². The van der Waals surface area contributed by atoms with Gasteiger partial charge >= 0.3 is 0 Å². The number of aliphatic imine (C=N–C) groups is 1. The molecule has 4 heteroatoms. The molecule has 140 valence electrons. The van der Waals surface area contributed by atoms with Crippen molar-refractivity contribution in [3.63, 3.8) is 0 Å². The molecule has 3 rings (SSSR count). The van der Waals surface area contributed by atoms with Crippen molar-refractivity contribution in [3.05, 3.63) is 63.6 Å². The number of aryl methyl sites for hydroxylation is 6. The van der Waals surface area contributed by atoms with Crippen molar-refractivity contribution in [2.24, 2.45) is 4.99 Å². The molecule has 0 saturated carbocycles. The number of nitrogens with zero attached hydrogens (tertiary/aromatic N) is 4. The number of hydrogen-bond acceptors (Lipinski definition) is 4. The summed E-state index contributed by atoms with van der Waals surface area (Å²) in [6.45, 7) is 18.3. The summed E-state index contributed by atoms with van der Waals surface area (Å²) in [7, 11) is 0. The Kier molecular flexibility index (Phi) is 8.30. The molecule has 3 heterocycles. The number of allylic oxidation sites excluding steroid dienone is 2. The van der Waals surface area contributed by atoms with Crippen molar-refractivity contribution in [1.29, 1.82) is 0 Å². The lowest BCUT2D eigenvalue weighted by atomic mass is 10.2. The van der Waals surface area contributed by atoms with Crippen LogP contribution in [-0.4, -0.2) is 20.7 Å². The molecule has 0 amide bonds. The van der Waals surface area contributed by atoms with Gasteiger partial charge in [0.1, 0.15) is 5.82 Å². The molecule has 0 bridgehead atoms. The predicted octanol–water partition coefficient (Wildman–Crippen LogP) is 5.55. The summed E-state index contributed by atoms with van der Waals surface area (Å²) in [4.78, 5) is 16.7. The Morgan fingerprint density at radius 3 is 1.69 bits per heavy atom. The first-order chi connectivity index (χ1) is 12.1. The average Bonchev–Trinajstić information content (AvgIpc) is 2.85. The predicted molar refractivity (Wildman–Crippen MR) is 111 cm³/mol. The van der Waals surface area contributed by atoms with Crippen molar-refractivity contribution >= 4 is 5.71 Å². The van der Waals surface area contributed by atoms with Gasteiger partial charge in [-0.2, -0.15) is 0 Å². The van der Waals surface area contributed by atoms with Crippen molar-refractivity contribution in [2.45, 2.75) is 68.7 Å². The van der Waals surface area contributed by atoms with Crippen LogP contribution in [0, 0.1) is 41.5 Å². The van der Waals surface area contributed by atoms with Gasteiger partial charge in [-0.25, -0.2) is 9.97 Å². The van der Waals surface area contributed by atoms with Crippen LogP contribution in [0.2, 0.25) is 0 Å². The highest BCUT2D eigenvalue weighted by atomic mass is 14.9. The molecule has 0 radical (unpaired) electrons. The third-order valence-corrected chi connectivity index (χ3v) is 4.33. The van der Waals surface area contributed by atoms with E-state index in [4.69, 9.17) is 0 Å². The zero-order valence-electron chi connectivity index (χ0n) is 17.7. The van der Waals surface area contributed by atoms with E-state index in [1.165, 1.54) is 22.5 Å². The Balaban J connectivity index is 0.000000195. The molecule has 0 saturated heterocycles. The lowest BCUT2D eigenvalue weighted by Crippen LogP contribution is -1.92. The van der Waals surface area contributed by atoms with Gasteiger partial charge in [-0.05, 0) is 85.1 Å². The molecule has 0 unspecified atom stereocenters. The molecule has 4 nitrogen and oxygen atoms in total. The maximum absolute atomic E-state index is 4.27. The molecular weight excluding hydrogens is 320 g/mol. The van der Waals surface area contributed by atoms with Gasteiger partial charge in [0.2, 0.25) is 0 Å². The van der Waals surface area contributed by atoms with Crippen LogP contribution in [0.4, 0.5) is 0 Å². The molecule has 0 aromatic carbocycles. The number of pyridine rings is 1. The Bertz CT molecular complexity index is 767. The molecule has 1 aliphatic heterocycles. The van der Waals surface area contributed by atoms with Crippen molar-refractivity contribution in [3.8, 4) is 0 Å². The van der Waals surface area contributed by atoms with Crippen LogP contribution in [-0.2, 0) is 0 Å². The van der Waals surface area contributed by atoms with E-state index in [1.54, 1.807) is 0 Å². The summed E-state index contributed by atoms with van der Waals surface area (Å²) in [6.07, 6.45) is 2.93. The minimum absolute atomic E-state index is 0.845. The van der Waals surface area contributed by atoms with Crippen molar-refractivity contribution < 1.29 is 0 Å². The van der Waals surface area contributed by atoms with Gasteiger partial charge in [-0.1, -0.05) is 6.07 Å². The van der Waals surface area contributed by atoms with Crippen LogP contribution in [0.15, 0.2) is 34.6 Å². The van der Waals surface area contributed by atoms with E-state index < -0.39 is 0 Å². The maximum atomic E-state index is 4.27. The minimum Gasteiger partial charge on any atom is -0.263 e. The molecular formula is C22H32N4. The zero-order chi connectivity index (χ0) is 19.9. The van der Waals surface area contributed by atoms with Gasteiger partial charge in [0.25, 0.3) is 0 Å². The summed E-state index contributed by atoms with van der Waals surface area (Å²) in [5, 5.41) is 0. The van der Waals surface area contributed by atoms with E-state index in [2.05, 4.69) is 53.7 Å². The largest absolute Gasteiger partial charge is 0.263 e. The van der Waals surface area contributed by atoms with Gasteiger partial charge in [0.15, 0.2) is 0 Å². The van der Waals surface area contributed by atoms with E-state index >= 15 is 0 Å². The lowest BCUT2D eigenvalue weighted by molar-refractivity contribution is 0.986. The minimum atomic E-state index is 0.845. The van der Waals surface area contributed by atoms with Gasteiger partial charge in [0, 0.05) is 41.1 Å². The topological polar surface area (TPSA) is 51.0 Å². The fourth-order valence-electron chi connectivity index (χ4n) is 2.33. The third-order valence-electron chi connectivity index (χ3n) is 4.33. The number of aromatic nitrogens is 3. The average molecular weight is 353 g/mol. The van der Waals surface area contributed by atoms with Crippen molar-refractivity contribution in [1.82, 2.24) is 15.0 Å². The smallest absolute Gasteiger partial charge is 0.125 e. The summed E-state index contributed by atoms with van der Waals surface area (Å²) in [5.74, 6) is 0.845. The van der Waals surface area contributed by atoms with Crippen molar-refractivity contribution in [2.75, 3.05) is 0 Å². The Labute approximate surface area is 158 Å². The standard InChI is InChI=1S/C8H11N.C7H10N2.C7H11N/c1-6-4-5-7(2)9-8(6)3;1-5-4-8-7(3)9-6(5)2;1-5-4-6(2)8-7(5)3/h4-5H,1-3H3;4H,1-3H3;4H2,1-3H3. The van der Waals surface area contributed by atoms with Gasteiger partial charge in [-0.3, -0.25) is 9.98 Å². The van der Waals surface area contributed by atoms with E-state index in [9.17, 15) is 0 Å². The Morgan fingerprint density at radius 1 is 0.731 bits per heavy atom. The molecule has 26 heavy (non-hydrogen) atoms. The summed E-state index contributed by atoms with van der Waals surface area (Å²) in [5.41, 5.74) is 9.60. The monoisotopic (exact) mass is 352 g/mol. The quantitative estimate of drug-likeness (QED) is 0.624. The highest BCUT2D eigenvalue weighted by Crippen LogP contribution is 2.17. The normalized spacial score (nSPS) is 12.7. The fraction of sp³-hybridized carbons (Fsp3) is 0.455. The van der Waals surface area contributed by atoms with Gasteiger partial charge < -0.3 is 0 Å². The fourth-order valence-corrected chi connectivity index (χ4v) is 2.33. The van der Waals surface area contributed by atoms with Crippen LogP contribution < -0.4 is 0 Å². The second-order valence-electron chi connectivity index (χ2n) is 6.93. The second-order valence-corrected chi connectivity index (χ2v) is 6.93. The van der Waals surface area contributed by atoms with E-state index in [1.807, 2.05) is 46.9 Å². The first-order valence-corrected chi connectivity index (χ1v) is 8.98. The van der Waals surface area contributed by atoms with Crippen LogP contribution in [0.25, 0.3) is 0 Å². The zero-order valence-corrected chi connectivity index (χ0v) is 17.7. The van der Waals surface area contributed by atoms with E-state index in [0.29, 0.717) is 0 Å². The van der Waals surface area contributed by atoms with E-state index in [-0.39, 0.29) is 0 Å². The van der Waals surface area contributed by atoms with Crippen LogP contribution in [0.5, 0.6) is 0 Å². The summed E-state index contributed by atoms with van der Waals surface area (Å²) in [6, 6.07) is 4.12. The maximum Gasteiger partial charge on any atom is 0.125 e. The highest BCUT2D eigenvalue weighted by Gasteiger charge is 2.04. The SMILES string of the molecule is CC1=NC(C)=C(C)C1.Cc1ccc(C)c(C)n1.Cc1ncc(C)c(C)n1. The van der Waals surface area contributed by atoms with Crippen LogP contribution in [0.1, 0.15) is 61.2 Å². The molecule has 0 aliphatic carbocycles. The molecule has 2 aromatic rings. The molecule has 0 N–H and O–H groups in total. The molecule has 2 aromatic heterocycles. The van der Waals surface area contributed by atoms with E-state index in [0.717, 1.165) is 34.9 Å². The molecule has 0 fully saturated rings. The second kappa shape index (κ2) is 9.95. The summed E-state index contributed by atoms with van der Waals surface area (Å²) >= 11 is 0. The first-order valence-electron chi connectivity index (χ1n) is 8.98. The van der Waals surface area contributed by atoms with Gasteiger partial charge in [0.05, 0.1) is 0 Å². The first kappa shape index (κ1) is 21.7. The van der Waals surface area contributed by atoms with Crippen LogP contribution in [0.3, 0.4) is 0 Å². The Morgan fingerprint density at radius 2 is 1.35 bits per heavy atom. The highest BCUT2D eigenvalue weighted by molar-refractivity contribution is 5.87. The number of rotatable bonds is 0. The lowest BCUT2D eigenvalue weighted by Gasteiger charge is -1.97. The number of hydrogen-bond donors (Lipinski definition) is 0. The summed E-state index contributed by atoms with van der Waals surface area (Å²) < 4.78 is 0. The third kappa shape index (κ3) is 7.26. The Hall–Kier alpha value is -2.36. The molecule has 0 spiro atoms. The van der Waals surface area contributed by atoms with Gasteiger partial charge in [-0.15, -0.1) is 0 Å². The molecule has 1 aliphatic rings. The molecule has 0 atom stereocenters.